The molecule has 0 radical (unpaired) electrons. The molecule has 36 valence electrons. The molecule has 0 aromatic heterocycles. The summed E-state index contributed by atoms with van der Waals surface area (Å²) in [5, 5.41) is 0. The largest absolute Gasteiger partial charge is 0.466 e. The van der Waals surface area contributed by atoms with Crippen molar-refractivity contribution < 1.29 is 36.8 Å². The molecule has 0 atom stereocenters. The van der Waals surface area contributed by atoms with Gasteiger partial charge in [-0.2, -0.15) is 0 Å². The van der Waals surface area contributed by atoms with E-state index in [0.717, 1.165) is 6.08 Å². The van der Waals surface area contributed by atoms with Gasteiger partial charge in [-0.15, -0.1) is 0 Å². The Bertz CT molecular complexity index is 70.1. The van der Waals surface area contributed by atoms with Crippen LogP contribution in [0.3, 0.4) is 0 Å². The first-order valence-electron chi connectivity index (χ1n) is 1.51. The first-order chi connectivity index (χ1) is 2.81. The van der Waals surface area contributed by atoms with Gasteiger partial charge in [-0.3, -0.25) is 0 Å². The number of methoxy groups -OCH3 is 1. The van der Waals surface area contributed by atoms with Crippen LogP contribution in [0.15, 0.2) is 12.7 Å². The van der Waals surface area contributed by atoms with E-state index in [2.05, 4.69) is 11.3 Å². The van der Waals surface area contributed by atoms with Crippen molar-refractivity contribution in [3.8, 4) is 0 Å². The number of esters is 1. The summed E-state index contributed by atoms with van der Waals surface area (Å²) in [5.74, 6) is -0.394. The minimum absolute atomic E-state index is 0. The fourth-order valence-electron chi connectivity index (χ4n) is 0.0833. The van der Waals surface area contributed by atoms with E-state index in [-0.39, 0.29) is 27.3 Å². The molecule has 0 aromatic carbocycles. The Labute approximate surface area is 62.7 Å². The van der Waals surface area contributed by atoms with Crippen molar-refractivity contribution >= 4 is 5.97 Å². The third-order valence-corrected chi connectivity index (χ3v) is 0.368. The molecule has 0 rings (SSSR count). The molecule has 0 saturated heterocycles. The topological polar surface area (TPSA) is 26.3 Å². The summed E-state index contributed by atoms with van der Waals surface area (Å²) >= 11 is 0. The number of carbonyl (C=O) groups is 1. The Morgan fingerprint density at radius 3 is 2.29 bits per heavy atom. The quantitative estimate of drug-likeness (QED) is 0.345. The van der Waals surface area contributed by atoms with Crippen LogP contribution in [-0.2, 0) is 36.8 Å². The van der Waals surface area contributed by atoms with Gasteiger partial charge in [0, 0.05) is 33.4 Å². The zero-order valence-electron chi connectivity index (χ0n) is 4.31. The van der Waals surface area contributed by atoms with Gasteiger partial charge in [0.15, 0.2) is 0 Å². The van der Waals surface area contributed by atoms with Gasteiger partial charge in [0.2, 0.25) is 0 Å². The molecule has 0 amide bonds. The number of hydrogen-bond donors (Lipinski definition) is 0. The summed E-state index contributed by atoms with van der Waals surface area (Å²) in [6.45, 7) is 3.16. The monoisotopic (exact) mass is 200 g/mol. The van der Waals surface area contributed by atoms with Crippen LogP contribution in [-0.4, -0.2) is 13.1 Å². The van der Waals surface area contributed by atoms with Crippen molar-refractivity contribution in [2.24, 2.45) is 0 Å². The van der Waals surface area contributed by atoms with Crippen LogP contribution in [0.25, 0.3) is 0 Å². The van der Waals surface area contributed by atoms with Gasteiger partial charge in [-0.25, -0.2) is 4.79 Å². The van der Waals surface area contributed by atoms with Gasteiger partial charge < -0.3 is 4.74 Å². The molecule has 0 fully saturated rings. The number of carbonyl (C=O) groups excluding carboxylic acids is 1. The SMILES string of the molecule is C=CC(=O)OC.[Cd]. The van der Waals surface area contributed by atoms with E-state index in [4.69, 9.17) is 0 Å². The van der Waals surface area contributed by atoms with Gasteiger partial charge in [-0.05, 0) is 0 Å². The van der Waals surface area contributed by atoms with Crippen molar-refractivity contribution in [1.82, 2.24) is 0 Å². The second-order valence-corrected chi connectivity index (χ2v) is 0.727. The van der Waals surface area contributed by atoms with E-state index in [1.807, 2.05) is 0 Å². The number of hydrogen-bond acceptors (Lipinski definition) is 2. The van der Waals surface area contributed by atoms with E-state index in [1.54, 1.807) is 0 Å². The fourth-order valence-corrected chi connectivity index (χ4v) is 0.0833. The van der Waals surface area contributed by atoms with E-state index in [0.29, 0.717) is 0 Å². The van der Waals surface area contributed by atoms with Gasteiger partial charge in [0.25, 0.3) is 0 Å². The van der Waals surface area contributed by atoms with E-state index >= 15 is 0 Å². The van der Waals surface area contributed by atoms with Crippen LogP contribution < -0.4 is 0 Å². The smallest absolute Gasteiger partial charge is 0.329 e. The molecule has 2 nitrogen and oxygen atoms in total. The molecular weight excluding hydrogens is 192 g/mol. The Hall–Kier alpha value is 0.132. The fraction of sp³-hybridized carbons (Fsp3) is 0.250. The first kappa shape index (κ1) is 10.2. The minimum atomic E-state index is -0.394. The van der Waals surface area contributed by atoms with Crippen LogP contribution in [0.5, 0.6) is 0 Å². The van der Waals surface area contributed by atoms with E-state index in [1.165, 1.54) is 7.11 Å². The summed E-state index contributed by atoms with van der Waals surface area (Å²) in [4.78, 5) is 9.84. The number of ether oxygens (including phenoxy) is 1. The second kappa shape index (κ2) is 6.13. The molecule has 0 saturated carbocycles. The second-order valence-electron chi connectivity index (χ2n) is 0.727. The average Bonchev–Trinajstić information content (AvgIpc) is 1.65. The molecule has 0 spiro atoms. The molecule has 7 heavy (non-hydrogen) atoms. The summed E-state index contributed by atoms with van der Waals surface area (Å²) < 4.78 is 4.14. The molecule has 0 N–H and O–H groups in total. The van der Waals surface area contributed by atoms with Gasteiger partial charge in [0.05, 0.1) is 7.11 Å². The predicted molar refractivity (Wildman–Crippen MR) is 22.2 cm³/mol. The van der Waals surface area contributed by atoms with Crippen molar-refractivity contribution in [2.45, 2.75) is 0 Å². The molecule has 3 heteroatoms. The maximum atomic E-state index is 9.84. The Kier molecular flexibility index (Phi) is 8.92. The van der Waals surface area contributed by atoms with Crippen LogP contribution in [0, 0.1) is 0 Å². The third kappa shape index (κ3) is 6.13. The Balaban J connectivity index is 0. The maximum absolute atomic E-state index is 9.84. The number of rotatable bonds is 1. The zero-order valence-corrected chi connectivity index (χ0v) is 8.34. The van der Waals surface area contributed by atoms with Crippen molar-refractivity contribution in [3.05, 3.63) is 12.7 Å². The molecule has 0 aliphatic heterocycles. The summed E-state index contributed by atoms with van der Waals surface area (Å²) in [7, 11) is 1.31. The van der Waals surface area contributed by atoms with Crippen molar-refractivity contribution in [1.29, 1.82) is 0 Å². The molecule has 0 heterocycles. The average molecular weight is 199 g/mol. The Morgan fingerprint density at radius 1 is 1.86 bits per heavy atom. The Morgan fingerprint density at radius 2 is 2.29 bits per heavy atom. The van der Waals surface area contributed by atoms with E-state index in [9.17, 15) is 4.79 Å². The zero-order chi connectivity index (χ0) is 4.99. The maximum Gasteiger partial charge on any atom is 0.329 e. The van der Waals surface area contributed by atoms with Crippen LogP contribution in [0.4, 0.5) is 0 Å². The summed E-state index contributed by atoms with van der Waals surface area (Å²) in [5.41, 5.74) is 0. The van der Waals surface area contributed by atoms with Crippen LogP contribution >= 0.6 is 0 Å². The van der Waals surface area contributed by atoms with Crippen LogP contribution in [0.2, 0.25) is 0 Å². The summed E-state index contributed by atoms with van der Waals surface area (Å²) in [6.07, 6.45) is 1.11. The predicted octanol–water partition coefficient (Wildman–Crippen LogP) is 0.343. The molecule has 0 aromatic rings. The molecule has 0 unspecified atom stereocenters. The van der Waals surface area contributed by atoms with Gasteiger partial charge in [-0.1, -0.05) is 6.58 Å². The third-order valence-electron chi connectivity index (χ3n) is 0.368. The van der Waals surface area contributed by atoms with Gasteiger partial charge >= 0.3 is 5.97 Å². The first-order valence-corrected chi connectivity index (χ1v) is 1.51. The van der Waals surface area contributed by atoms with Crippen molar-refractivity contribution in [3.63, 3.8) is 0 Å². The normalized spacial score (nSPS) is 5.86. The molecule has 0 aliphatic rings. The molecular formula is C4H6CdO2. The molecule has 0 aliphatic carbocycles. The van der Waals surface area contributed by atoms with Crippen LogP contribution in [0.1, 0.15) is 0 Å². The molecule has 0 bridgehead atoms. The van der Waals surface area contributed by atoms with Gasteiger partial charge in [0.1, 0.15) is 0 Å². The standard InChI is InChI=1S/C4H6O2.Cd/c1-3-4(5)6-2;/h3H,1H2,2H3;. The minimum Gasteiger partial charge on any atom is -0.466 e. The van der Waals surface area contributed by atoms with Crippen molar-refractivity contribution in [2.75, 3.05) is 7.11 Å². The summed E-state index contributed by atoms with van der Waals surface area (Å²) in [6, 6.07) is 0. The van der Waals surface area contributed by atoms with E-state index < -0.39 is 5.97 Å².